The van der Waals surface area contributed by atoms with Crippen LogP contribution in [0, 0.1) is 5.41 Å². The van der Waals surface area contributed by atoms with Gasteiger partial charge < -0.3 is 10.1 Å². The number of hydrogen-bond acceptors (Lipinski definition) is 3. The third-order valence-corrected chi connectivity index (χ3v) is 0.969. The zero-order valence-corrected chi connectivity index (χ0v) is 6.36. The van der Waals surface area contributed by atoms with Gasteiger partial charge in [-0.05, 0) is 6.92 Å². The Morgan fingerprint density at radius 3 is 2.33 bits per heavy atom. The second-order valence-corrected chi connectivity index (χ2v) is 1.96. The molecule has 0 aromatic rings. The van der Waals surface area contributed by atoms with Crippen molar-refractivity contribution in [3.05, 3.63) is 0 Å². The Morgan fingerprint density at radius 2 is 2.00 bits per heavy atom. The van der Waals surface area contributed by atoms with Crippen LogP contribution < -0.4 is 0 Å². The summed E-state index contributed by atoms with van der Waals surface area (Å²) in [5, 5.41) is 6.42. The molecule has 0 radical (unpaired) electrons. The largest absolute Gasteiger partial charge is 0.466 e. The Balaban J connectivity index is 3.94. The van der Waals surface area contributed by atoms with Crippen molar-refractivity contribution < 1.29 is 22.7 Å². The summed E-state index contributed by atoms with van der Waals surface area (Å²) in [5.41, 5.74) is -1.58. The Morgan fingerprint density at radius 1 is 1.50 bits per heavy atom. The van der Waals surface area contributed by atoms with Gasteiger partial charge in [0.25, 0.3) is 0 Å². The quantitative estimate of drug-likeness (QED) is 0.532. The molecule has 0 aliphatic rings. The van der Waals surface area contributed by atoms with Crippen LogP contribution in [-0.2, 0) is 9.53 Å². The molecule has 0 atom stereocenters. The van der Waals surface area contributed by atoms with Gasteiger partial charge in [0.2, 0.25) is 0 Å². The average Bonchev–Trinajstić information content (AvgIpc) is 1.85. The zero-order chi connectivity index (χ0) is 9.78. The normalized spacial score (nSPS) is 11.0. The van der Waals surface area contributed by atoms with Crippen LogP contribution >= 0.6 is 0 Å². The van der Waals surface area contributed by atoms with E-state index in [9.17, 15) is 18.0 Å². The summed E-state index contributed by atoms with van der Waals surface area (Å²) in [4.78, 5) is 10.4. The molecular formula is C6H8F3NO2. The van der Waals surface area contributed by atoms with Crippen LogP contribution in [0.3, 0.4) is 0 Å². The lowest BCUT2D eigenvalue weighted by Crippen LogP contribution is -2.25. The molecule has 1 N–H and O–H groups in total. The molecular weight excluding hydrogens is 175 g/mol. The number of ether oxygens (including phenoxy) is 1. The van der Waals surface area contributed by atoms with E-state index in [0.717, 1.165) is 0 Å². The smallest absolute Gasteiger partial charge is 0.429 e. The van der Waals surface area contributed by atoms with E-state index in [1.807, 2.05) is 0 Å². The lowest BCUT2D eigenvalue weighted by atomic mass is 10.3. The van der Waals surface area contributed by atoms with Crippen LogP contribution in [0.1, 0.15) is 13.3 Å². The summed E-state index contributed by atoms with van der Waals surface area (Å²) in [6.45, 7) is 1.50. The van der Waals surface area contributed by atoms with E-state index >= 15 is 0 Å². The topological polar surface area (TPSA) is 50.2 Å². The summed E-state index contributed by atoms with van der Waals surface area (Å²) in [6, 6.07) is 0. The van der Waals surface area contributed by atoms with E-state index < -0.39 is 24.3 Å². The van der Waals surface area contributed by atoms with Crippen molar-refractivity contribution in [1.29, 1.82) is 5.41 Å². The summed E-state index contributed by atoms with van der Waals surface area (Å²) in [5.74, 6) is -1.03. The van der Waals surface area contributed by atoms with Crippen molar-refractivity contribution in [2.24, 2.45) is 0 Å². The molecule has 6 heteroatoms. The second kappa shape index (κ2) is 4.08. The molecule has 3 nitrogen and oxygen atoms in total. The second-order valence-electron chi connectivity index (χ2n) is 1.96. The van der Waals surface area contributed by atoms with E-state index in [1.54, 1.807) is 0 Å². The van der Waals surface area contributed by atoms with Gasteiger partial charge >= 0.3 is 12.1 Å². The predicted molar refractivity (Wildman–Crippen MR) is 35.0 cm³/mol. The molecule has 12 heavy (non-hydrogen) atoms. The van der Waals surface area contributed by atoms with E-state index in [1.165, 1.54) is 6.92 Å². The van der Waals surface area contributed by atoms with Crippen LogP contribution in [0.5, 0.6) is 0 Å². The van der Waals surface area contributed by atoms with Crippen molar-refractivity contribution in [3.63, 3.8) is 0 Å². The molecule has 0 bridgehead atoms. The number of halogens is 3. The Kier molecular flexibility index (Phi) is 3.72. The number of carbonyl (C=O) groups is 1. The maximum atomic E-state index is 11.6. The monoisotopic (exact) mass is 183 g/mol. The number of rotatable bonds is 3. The van der Waals surface area contributed by atoms with Crippen molar-refractivity contribution in [3.8, 4) is 0 Å². The molecule has 0 saturated carbocycles. The predicted octanol–water partition coefficient (Wildman–Crippen LogP) is 1.52. The molecule has 70 valence electrons. The lowest BCUT2D eigenvalue weighted by Gasteiger charge is -2.06. The van der Waals surface area contributed by atoms with Gasteiger partial charge in [0.15, 0.2) is 0 Å². The zero-order valence-electron chi connectivity index (χ0n) is 6.36. The third kappa shape index (κ3) is 3.95. The fourth-order valence-corrected chi connectivity index (χ4v) is 0.457. The van der Waals surface area contributed by atoms with Gasteiger partial charge in [-0.25, -0.2) is 0 Å². The minimum Gasteiger partial charge on any atom is -0.466 e. The van der Waals surface area contributed by atoms with Crippen LogP contribution in [-0.4, -0.2) is 24.5 Å². The van der Waals surface area contributed by atoms with Gasteiger partial charge in [-0.15, -0.1) is 0 Å². The highest BCUT2D eigenvalue weighted by atomic mass is 19.4. The van der Waals surface area contributed by atoms with Crippen molar-refractivity contribution in [1.82, 2.24) is 0 Å². The highest BCUT2D eigenvalue weighted by Crippen LogP contribution is 2.18. The lowest BCUT2D eigenvalue weighted by molar-refractivity contribution is -0.142. The fourth-order valence-electron chi connectivity index (χ4n) is 0.457. The highest BCUT2D eigenvalue weighted by molar-refractivity contribution is 6.00. The number of alkyl halides is 3. The minimum absolute atomic E-state index is 0.0178. The summed E-state index contributed by atoms with van der Waals surface area (Å²) in [6.07, 6.45) is -5.75. The van der Waals surface area contributed by atoms with Gasteiger partial charge in [-0.1, -0.05) is 0 Å². The Bertz CT molecular complexity index is 188. The van der Waals surface area contributed by atoms with Gasteiger partial charge in [-0.2, -0.15) is 13.2 Å². The molecule has 0 aromatic carbocycles. The van der Waals surface area contributed by atoms with E-state index in [4.69, 9.17) is 5.41 Å². The molecule has 0 aliphatic carbocycles. The van der Waals surface area contributed by atoms with Gasteiger partial charge in [0, 0.05) is 0 Å². The first-order chi connectivity index (χ1) is 5.38. The minimum atomic E-state index is -4.73. The first-order valence-corrected chi connectivity index (χ1v) is 3.18. The molecule has 0 aliphatic heterocycles. The SMILES string of the molecule is CCOC(=O)CC(=N)C(F)(F)F. The molecule has 0 heterocycles. The van der Waals surface area contributed by atoms with Crippen molar-refractivity contribution in [2.45, 2.75) is 19.5 Å². The number of nitrogens with one attached hydrogen (secondary N) is 1. The standard InChI is InChI=1S/C6H8F3NO2/c1-2-12-5(11)3-4(10)6(7,8)9/h10H,2-3H2,1H3. The maximum Gasteiger partial charge on any atom is 0.429 e. The van der Waals surface area contributed by atoms with Crippen LogP contribution in [0.25, 0.3) is 0 Å². The van der Waals surface area contributed by atoms with Gasteiger partial charge in [-0.3, -0.25) is 4.79 Å². The third-order valence-electron chi connectivity index (χ3n) is 0.969. The summed E-state index contributed by atoms with van der Waals surface area (Å²) >= 11 is 0. The molecule has 0 rings (SSSR count). The van der Waals surface area contributed by atoms with Crippen molar-refractivity contribution in [2.75, 3.05) is 6.61 Å². The van der Waals surface area contributed by atoms with E-state index in [0.29, 0.717) is 0 Å². The van der Waals surface area contributed by atoms with Crippen LogP contribution in [0.4, 0.5) is 13.2 Å². The molecule has 0 fully saturated rings. The van der Waals surface area contributed by atoms with Gasteiger partial charge in [0.05, 0.1) is 13.0 Å². The highest BCUT2D eigenvalue weighted by Gasteiger charge is 2.35. The molecule has 0 aromatic heterocycles. The Hall–Kier alpha value is -1.07. The fraction of sp³-hybridized carbons (Fsp3) is 0.667. The molecule has 0 saturated heterocycles. The summed E-state index contributed by atoms with van der Waals surface area (Å²) in [7, 11) is 0. The van der Waals surface area contributed by atoms with E-state index in [2.05, 4.69) is 4.74 Å². The Labute approximate surface area is 67.0 Å². The molecule has 0 amide bonds. The number of esters is 1. The average molecular weight is 183 g/mol. The maximum absolute atomic E-state index is 11.6. The molecule has 0 spiro atoms. The van der Waals surface area contributed by atoms with Crippen molar-refractivity contribution >= 4 is 11.7 Å². The molecule has 0 unspecified atom stereocenters. The summed E-state index contributed by atoms with van der Waals surface area (Å²) < 4.78 is 39.1. The number of carbonyl (C=O) groups excluding carboxylic acids is 1. The first-order valence-electron chi connectivity index (χ1n) is 3.18. The van der Waals surface area contributed by atoms with Crippen LogP contribution in [0.15, 0.2) is 0 Å². The van der Waals surface area contributed by atoms with E-state index in [-0.39, 0.29) is 6.61 Å². The van der Waals surface area contributed by atoms with Crippen LogP contribution in [0.2, 0.25) is 0 Å². The number of hydrogen-bond donors (Lipinski definition) is 1. The van der Waals surface area contributed by atoms with Gasteiger partial charge in [0.1, 0.15) is 5.71 Å². The first kappa shape index (κ1) is 10.9.